The van der Waals surface area contributed by atoms with Gasteiger partial charge in [-0.2, -0.15) is 0 Å². The molecule has 1 aromatic rings. The molecule has 0 N–H and O–H groups in total. The highest BCUT2D eigenvalue weighted by atomic mass is 79.9. The van der Waals surface area contributed by atoms with Gasteiger partial charge in [0.25, 0.3) is 5.78 Å². The number of carbonyl (C=O) groups is 2. The van der Waals surface area contributed by atoms with Crippen molar-refractivity contribution in [2.75, 3.05) is 13.7 Å². The molecule has 0 saturated carbocycles. The number of carbonyl (C=O) groups excluding carboxylic acids is 2. The third-order valence-corrected chi connectivity index (χ3v) is 3.20. The van der Waals surface area contributed by atoms with E-state index in [-0.39, 0.29) is 12.2 Å². The minimum atomic E-state index is -0.889. The summed E-state index contributed by atoms with van der Waals surface area (Å²) < 4.78 is 10.2. The fourth-order valence-corrected chi connectivity index (χ4v) is 2.29. The molecule has 0 saturated heterocycles. The molecular weight excluding hydrogens is 323 g/mol. The maximum absolute atomic E-state index is 11.7. The van der Waals surface area contributed by atoms with E-state index in [4.69, 9.17) is 16.3 Å². The Morgan fingerprint density at radius 3 is 2.56 bits per heavy atom. The van der Waals surface area contributed by atoms with E-state index in [9.17, 15) is 9.59 Å². The van der Waals surface area contributed by atoms with E-state index >= 15 is 0 Å². The van der Waals surface area contributed by atoms with E-state index in [2.05, 4.69) is 20.7 Å². The van der Waals surface area contributed by atoms with Gasteiger partial charge in [-0.1, -0.05) is 27.5 Å². The molecule has 0 amide bonds. The lowest BCUT2D eigenvalue weighted by molar-refractivity contribution is -0.137. The zero-order valence-corrected chi connectivity index (χ0v) is 12.3. The van der Waals surface area contributed by atoms with Crippen LogP contribution in [0.25, 0.3) is 0 Å². The quantitative estimate of drug-likeness (QED) is 0.471. The second-order valence-electron chi connectivity index (χ2n) is 3.40. The maximum Gasteiger partial charge on any atom is 0.379 e. The monoisotopic (exact) mass is 334 g/mol. The van der Waals surface area contributed by atoms with Crippen LogP contribution >= 0.6 is 27.5 Å². The Kier molecular flexibility index (Phi) is 5.78. The van der Waals surface area contributed by atoms with E-state index in [0.717, 1.165) is 5.56 Å². The van der Waals surface area contributed by atoms with Crippen LogP contribution in [-0.2, 0) is 20.9 Å². The molecule has 1 aromatic carbocycles. The molecule has 0 atom stereocenters. The van der Waals surface area contributed by atoms with Gasteiger partial charge >= 0.3 is 5.97 Å². The highest BCUT2D eigenvalue weighted by molar-refractivity contribution is 9.10. The average molecular weight is 336 g/mol. The van der Waals surface area contributed by atoms with Gasteiger partial charge in [-0.15, -0.1) is 0 Å². The Morgan fingerprint density at radius 1 is 1.39 bits per heavy atom. The summed E-state index contributed by atoms with van der Waals surface area (Å²) in [5, 5.41) is 0.360. The molecule has 6 heteroatoms. The molecule has 1 rings (SSSR count). The van der Waals surface area contributed by atoms with Crippen molar-refractivity contribution in [3.63, 3.8) is 0 Å². The molecule has 0 fully saturated rings. The van der Waals surface area contributed by atoms with Crippen LogP contribution in [0.15, 0.2) is 16.6 Å². The highest BCUT2D eigenvalue weighted by Crippen LogP contribution is 2.28. The van der Waals surface area contributed by atoms with Crippen LogP contribution in [0.4, 0.5) is 0 Å². The minimum absolute atomic E-state index is 0.154. The molecule has 18 heavy (non-hydrogen) atoms. The first-order valence-electron chi connectivity index (χ1n) is 5.19. The summed E-state index contributed by atoms with van der Waals surface area (Å²) in [4.78, 5) is 23.0. The topological polar surface area (TPSA) is 52.6 Å². The van der Waals surface area contributed by atoms with Crippen LogP contribution in [0.1, 0.15) is 22.8 Å². The first kappa shape index (κ1) is 15.1. The predicted octanol–water partition coefficient (Wildman–Crippen LogP) is 2.99. The normalized spacial score (nSPS) is 10.2. The van der Waals surface area contributed by atoms with Crippen LogP contribution in [0, 0.1) is 0 Å². The van der Waals surface area contributed by atoms with Gasteiger partial charge in [-0.25, -0.2) is 4.79 Å². The molecular formula is C12H12BrClO4. The Hall–Kier alpha value is -0.910. The van der Waals surface area contributed by atoms with Gasteiger partial charge in [0.05, 0.1) is 13.2 Å². The summed E-state index contributed by atoms with van der Waals surface area (Å²) in [7, 11) is 1.54. The lowest BCUT2D eigenvalue weighted by atomic mass is 10.1. The number of esters is 1. The van der Waals surface area contributed by atoms with Crippen molar-refractivity contribution in [1.82, 2.24) is 0 Å². The Labute approximate surface area is 118 Å². The molecule has 0 heterocycles. The van der Waals surface area contributed by atoms with Crippen LogP contribution in [-0.4, -0.2) is 25.5 Å². The van der Waals surface area contributed by atoms with Gasteiger partial charge in [0.2, 0.25) is 0 Å². The van der Waals surface area contributed by atoms with Crippen molar-refractivity contribution in [1.29, 1.82) is 0 Å². The van der Waals surface area contributed by atoms with Crippen LogP contribution < -0.4 is 0 Å². The Bertz CT molecular complexity index is 450. The number of Topliss-reactive ketones (excluding diaryl/α,β-unsaturated/α-hetero) is 1. The number of hydrogen-bond donors (Lipinski definition) is 0. The van der Waals surface area contributed by atoms with Crippen molar-refractivity contribution in [2.24, 2.45) is 0 Å². The number of hydrogen-bond acceptors (Lipinski definition) is 4. The summed E-state index contributed by atoms with van der Waals surface area (Å²) in [6, 6.07) is 2.96. The number of benzene rings is 1. The molecule has 0 aromatic heterocycles. The molecule has 0 aliphatic heterocycles. The minimum Gasteiger partial charge on any atom is -0.460 e. The average Bonchev–Trinajstić information content (AvgIpc) is 2.33. The molecule has 0 unspecified atom stereocenters. The molecule has 4 nitrogen and oxygen atoms in total. The van der Waals surface area contributed by atoms with Crippen molar-refractivity contribution in [2.45, 2.75) is 13.5 Å². The van der Waals surface area contributed by atoms with Crippen LogP contribution in [0.5, 0.6) is 0 Å². The Balaban J connectivity index is 3.06. The highest BCUT2D eigenvalue weighted by Gasteiger charge is 2.20. The molecule has 0 bridgehead atoms. The maximum atomic E-state index is 11.7. The first-order valence-corrected chi connectivity index (χ1v) is 6.36. The van der Waals surface area contributed by atoms with Crippen molar-refractivity contribution in [3.05, 3.63) is 32.8 Å². The van der Waals surface area contributed by atoms with E-state index < -0.39 is 11.8 Å². The van der Waals surface area contributed by atoms with E-state index in [1.54, 1.807) is 14.0 Å². The molecule has 0 radical (unpaired) electrons. The van der Waals surface area contributed by atoms with E-state index in [0.29, 0.717) is 16.1 Å². The summed E-state index contributed by atoms with van der Waals surface area (Å²) in [5.74, 6) is -1.61. The molecule has 0 aliphatic rings. The van der Waals surface area contributed by atoms with Gasteiger partial charge in [0.1, 0.15) is 0 Å². The van der Waals surface area contributed by atoms with Crippen LogP contribution in [0.2, 0.25) is 5.02 Å². The standard InChI is InChI=1S/C12H12BrClO4/c1-3-18-12(16)11(15)7-4-9(13)8(6-17-2)10(14)5-7/h4-5H,3,6H2,1-2H3. The summed E-state index contributed by atoms with van der Waals surface area (Å²) in [6.07, 6.45) is 0. The number of rotatable bonds is 5. The van der Waals surface area contributed by atoms with Crippen molar-refractivity contribution >= 4 is 39.3 Å². The predicted molar refractivity (Wildman–Crippen MR) is 70.8 cm³/mol. The smallest absolute Gasteiger partial charge is 0.379 e. The summed E-state index contributed by atoms with van der Waals surface area (Å²) in [6.45, 7) is 2.10. The van der Waals surface area contributed by atoms with Crippen molar-refractivity contribution < 1.29 is 19.1 Å². The summed E-state index contributed by atoms with van der Waals surface area (Å²) >= 11 is 9.31. The van der Waals surface area contributed by atoms with Gasteiger partial charge in [0.15, 0.2) is 0 Å². The number of halogens is 2. The zero-order chi connectivity index (χ0) is 13.7. The SMILES string of the molecule is CCOC(=O)C(=O)c1cc(Cl)c(COC)c(Br)c1. The number of ketones is 1. The van der Waals surface area contributed by atoms with Gasteiger partial charge in [0, 0.05) is 27.7 Å². The number of ether oxygens (including phenoxy) is 2. The van der Waals surface area contributed by atoms with Gasteiger partial charge < -0.3 is 9.47 Å². The number of methoxy groups -OCH3 is 1. The molecule has 0 aliphatic carbocycles. The fraction of sp³-hybridized carbons (Fsp3) is 0.333. The van der Waals surface area contributed by atoms with E-state index in [1.807, 2.05) is 0 Å². The zero-order valence-electron chi connectivity index (χ0n) is 9.96. The fourth-order valence-electron chi connectivity index (χ4n) is 1.33. The molecule has 0 spiro atoms. The van der Waals surface area contributed by atoms with Crippen LogP contribution in [0.3, 0.4) is 0 Å². The van der Waals surface area contributed by atoms with Crippen molar-refractivity contribution in [3.8, 4) is 0 Å². The molecule has 98 valence electrons. The Morgan fingerprint density at radius 2 is 2.06 bits per heavy atom. The second kappa shape index (κ2) is 6.87. The van der Waals surface area contributed by atoms with E-state index in [1.165, 1.54) is 12.1 Å². The van der Waals surface area contributed by atoms with Gasteiger partial charge in [-0.05, 0) is 19.1 Å². The lowest BCUT2D eigenvalue weighted by Gasteiger charge is -2.08. The second-order valence-corrected chi connectivity index (χ2v) is 4.66. The summed E-state index contributed by atoms with van der Waals surface area (Å²) in [5.41, 5.74) is 0.907. The third kappa shape index (κ3) is 3.54. The van der Waals surface area contributed by atoms with Gasteiger partial charge in [-0.3, -0.25) is 4.79 Å². The largest absolute Gasteiger partial charge is 0.460 e. The lowest BCUT2D eigenvalue weighted by Crippen LogP contribution is -2.17. The first-order chi connectivity index (χ1) is 8.51. The third-order valence-electron chi connectivity index (χ3n) is 2.15.